The van der Waals surface area contributed by atoms with Crippen molar-refractivity contribution >= 4 is 17.4 Å². The van der Waals surface area contributed by atoms with E-state index in [2.05, 4.69) is 5.92 Å². The Balaban J connectivity index is 2.65. The van der Waals surface area contributed by atoms with Crippen molar-refractivity contribution in [3.63, 3.8) is 0 Å². The van der Waals surface area contributed by atoms with Crippen LogP contribution in [0, 0.1) is 12.3 Å². The maximum absolute atomic E-state index is 11.1. The monoisotopic (exact) mass is 192 g/mol. The number of Topliss-reactive ketones (excluding diaryl/α,β-unsaturated/α-hetero) is 1. The van der Waals surface area contributed by atoms with Crippen molar-refractivity contribution in [1.29, 1.82) is 0 Å². The number of halogens is 1. The van der Waals surface area contributed by atoms with E-state index >= 15 is 0 Å². The van der Waals surface area contributed by atoms with Gasteiger partial charge >= 0.3 is 0 Å². The minimum absolute atomic E-state index is 0.0461. The number of terminal acetylenes is 1. The molecule has 0 unspecified atom stereocenters. The summed E-state index contributed by atoms with van der Waals surface area (Å²) in [6, 6.07) is 7.23. The molecule has 0 aliphatic rings. The van der Waals surface area contributed by atoms with Gasteiger partial charge in [-0.25, -0.2) is 0 Å². The number of hydrogen-bond acceptors (Lipinski definition) is 1. The molecule has 2 heteroatoms. The first-order valence-electron chi connectivity index (χ1n) is 3.92. The van der Waals surface area contributed by atoms with Crippen LogP contribution in [0.25, 0.3) is 0 Å². The van der Waals surface area contributed by atoms with E-state index in [1.165, 1.54) is 0 Å². The first-order valence-corrected chi connectivity index (χ1v) is 4.30. The lowest BCUT2D eigenvalue weighted by atomic mass is 10.1. The van der Waals surface area contributed by atoms with Gasteiger partial charge < -0.3 is 0 Å². The summed E-state index contributed by atoms with van der Waals surface area (Å²) in [6.45, 7) is 0. The fourth-order valence-corrected chi connectivity index (χ4v) is 1.26. The molecule has 0 aliphatic carbocycles. The summed E-state index contributed by atoms with van der Waals surface area (Å²) < 4.78 is 0. The molecule has 0 saturated carbocycles. The second-order valence-electron chi connectivity index (χ2n) is 2.73. The maximum atomic E-state index is 11.1. The Hall–Kier alpha value is -1.26. The Morgan fingerprint density at radius 1 is 1.54 bits per heavy atom. The summed E-state index contributed by atoms with van der Waals surface area (Å²) in [4.78, 5) is 11.1. The van der Waals surface area contributed by atoms with Gasteiger partial charge in [-0.3, -0.25) is 4.79 Å². The van der Waals surface area contributed by atoms with Crippen LogP contribution in [-0.4, -0.2) is 5.78 Å². The zero-order valence-electron chi connectivity index (χ0n) is 7.09. The Bertz CT molecular complexity index is 349. The third kappa shape index (κ3) is 3.31. The van der Waals surface area contributed by atoms with Gasteiger partial charge in [0.15, 0.2) is 0 Å². The fraction of sp³-hybridized carbons (Fsp3) is 0.182. The lowest BCUT2D eigenvalue weighted by Gasteiger charge is -1.98. The van der Waals surface area contributed by atoms with Gasteiger partial charge in [-0.15, -0.1) is 6.42 Å². The van der Waals surface area contributed by atoms with E-state index in [1.807, 2.05) is 12.1 Å². The molecule has 0 aromatic heterocycles. The van der Waals surface area contributed by atoms with Gasteiger partial charge in [-0.1, -0.05) is 29.7 Å². The van der Waals surface area contributed by atoms with Crippen LogP contribution in [0.5, 0.6) is 0 Å². The van der Waals surface area contributed by atoms with Gasteiger partial charge in [-0.05, 0) is 17.7 Å². The highest BCUT2D eigenvalue weighted by atomic mass is 35.5. The smallest absolute Gasteiger partial charge is 0.149 e. The first-order chi connectivity index (χ1) is 6.22. The van der Waals surface area contributed by atoms with E-state index in [0.717, 1.165) is 5.56 Å². The quantitative estimate of drug-likeness (QED) is 0.673. The molecular weight excluding hydrogens is 184 g/mol. The average molecular weight is 193 g/mol. The SMILES string of the molecule is C#CCC(=O)Cc1cccc(Cl)c1. The summed E-state index contributed by atoms with van der Waals surface area (Å²) in [5.41, 5.74) is 0.910. The topological polar surface area (TPSA) is 17.1 Å². The van der Waals surface area contributed by atoms with Crippen molar-refractivity contribution in [3.05, 3.63) is 34.9 Å². The third-order valence-electron chi connectivity index (χ3n) is 1.59. The van der Waals surface area contributed by atoms with E-state index in [-0.39, 0.29) is 12.2 Å². The first kappa shape index (κ1) is 9.83. The molecule has 0 aliphatic heterocycles. The number of rotatable bonds is 3. The second-order valence-corrected chi connectivity index (χ2v) is 3.16. The molecule has 0 heterocycles. The van der Waals surface area contributed by atoms with Crippen molar-refractivity contribution in [3.8, 4) is 12.3 Å². The number of carbonyl (C=O) groups excluding carboxylic acids is 1. The molecule has 1 aromatic carbocycles. The second kappa shape index (κ2) is 4.69. The molecule has 0 spiro atoms. The molecule has 13 heavy (non-hydrogen) atoms. The summed E-state index contributed by atoms with van der Waals surface area (Å²) in [6.07, 6.45) is 5.57. The van der Waals surface area contributed by atoms with Crippen LogP contribution in [0.15, 0.2) is 24.3 Å². The van der Waals surface area contributed by atoms with Crippen LogP contribution in [0.2, 0.25) is 5.02 Å². The molecule has 0 radical (unpaired) electrons. The summed E-state index contributed by atoms with van der Waals surface area (Å²) in [5, 5.41) is 0.644. The van der Waals surface area contributed by atoms with Crippen molar-refractivity contribution in [2.24, 2.45) is 0 Å². The Kier molecular flexibility index (Phi) is 3.54. The highest BCUT2D eigenvalue weighted by molar-refractivity contribution is 6.30. The largest absolute Gasteiger partial charge is 0.298 e. The molecular formula is C11H9ClO. The predicted molar refractivity (Wildman–Crippen MR) is 53.6 cm³/mol. The van der Waals surface area contributed by atoms with Crippen LogP contribution < -0.4 is 0 Å². The Morgan fingerprint density at radius 3 is 2.92 bits per heavy atom. The van der Waals surface area contributed by atoms with E-state index in [1.54, 1.807) is 12.1 Å². The highest BCUT2D eigenvalue weighted by Gasteiger charge is 2.01. The van der Waals surface area contributed by atoms with E-state index in [9.17, 15) is 4.79 Å². The van der Waals surface area contributed by atoms with E-state index in [4.69, 9.17) is 18.0 Å². The zero-order chi connectivity index (χ0) is 9.68. The van der Waals surface area contributed by atoms with Gasteiger partial charge in [-0.2, -0.15) is 0 Å². The summed E-state index contributed by atoms with van der Waals surface area (Å²) >= 11 is 5.75. The van der Waals surface area contributed by atoms with Gasteiger partial charge in [0.05, 0.1) is 6.42 Å². The van der Waals surface area contributed by atoms with Gasteiger partial charge in [0.2, 0.25) is 0 Å². The number of hydrogen-bond donors (Lipinski definition) is 0. The van der Waals surface area contributed by atoms with Gasteiger partial charge in [0.1, 0.15) is 5.78 Å². The summed E-state index contributed by atoms with van der Waals surface area (Å²) in [5.74, 6) is 2.37. The minimum Gasteiger partial charge on any atom is -0.298 e. The van der Waals surface area contributed by atoms with Crippen LogP contribution >= 0.6 is 11.6 Å². The third-order valence-corrected chi connectivity index (χ3v) is 1.82. The van der Waals surface area contributed by atoms with Crippen molar-refractivity contribution in [2.75, 3.05) is 0 Å². The molecule has 0 saturated heterocycles. The predicted octanol–water partition coefficient (Wildman–Crippen LogP) is 2.47. The lowest BCUT2D eigenvalue weighted by Crippen LogP contribution is -2.00. The Morgan fingerprint density at radius 2 is 2.31 bits per heavy atom. The maximum Gasteiger partial charge on any atom is 0.149 e. The van der Waals surface area contributed by atoms with Crippen LogP contribution in [0.1, 0.15) is 12.0 Å². The molecule has 0 amide bonds. The number of carbonyl (C=O) groups is 1. The molecule has 0 bridgehead atoms. The van der Waals surface area contributed by atoms with Crippen molar-refractivity contribution < 1.29 is 4.79 Å². The van der Waals surface area contributed by atoms with Crippen molar-refractivity contribution in [1.82, 2.24) is 0 Å². The van der Waals surface area contributed by atoms with Gasteiger partial charge in [0.25, 0.3) is 0 Å². The zero-order valence-corrected chi connectivity index (χ0v) is 7.84. The molecule has 66 valence electrons. The standard InChI is InChI=1S/C11H9ClO/c1-2-4-11(13)8-9-5-3-6-10(12)7-9/h1,3,5-7H,4,8H2. The van der Waals surface area contributed by atoms with Crippen LogP contribution in [0.4, 0.5) is 0 Å². The van der Waals surface area contributed by atoms with E-state index < -0.39 is 0 Å². The molecule has 0 N–H and O–H groups in total. The molecule has 1 nitrogen and oxygen atoms in total. The minimum atomic E-state index is 0.0461. The molecule has 1 rings (SSSR count). The molecule has 0 atom stereocenters. The highest BCUT2D eigenvalue weighted by Crippen LogP contribution is 2.11. The molecule has 1 aromatic rings. The van der Waals surface area contributed by atoms with Crippen LogP contribution in [-0.2, 0) is 11.2 Å². The summed E-state index contributed by atoms with van der Waals surface area (Å²) in [7, 11) is 0. The van der Waals surface area contributed by atoms with Crippen molar-refractivity contribution in [2.45, 2.75) is 12.8 Å². The Labute approximate surface area is 82.7 Å². The molecule has 0 fully saturated rings. The van der Waals surface area contributed by atoms with Gasteiger partial charge in [0, 0.05) is 11.4 Å². The number of benzene rings is 1. The number of ketones is 1. The van der Waals surface area contributed by atoms with E-state index in [0.29, 0.717) is 11.4 Å². The lowest BCUT2D eigenvalue weighted by molar-refractivity contribution is -0.117. The normalized spacial score (nSPS) is 9.23. The fourth-order valence-electron chi connectivity index (χ4n) is 1.05. The van der Waals surface area contributed by atoms with Crippen LogP contribution in [0.3, 0.4) is 0 Å². The average Bonchev–Trinajstić information content (AvgIpc) is 2.04.